The number of methoxy groups -OCH3 is 1. The van der Waals surface area contributed by atoms with Crippen molar-refractivity contribution in [1.29, 1.82) is 0 Å². The van der Waals surface area contributed by atoms with Gasteiger partial charge in [-0.05, 0) is 29.3 Å². The van der Waals surface area contributed by atoms with Crippen molar-refractivity contribution in [2.75, 3.05) is 18.6 Å². The molecule has 0 spiro atoms. The molecule has 0 aliphatic rings. The molecular formula is C20H18N6OS. The summed E-state index contributed by atoms with van der Waals surface area (Å²) >= 11 is 1.51. The summed E-state index contributed by atoms with van der Waals surface area (Å²) in [6.07, 6.45) is 0. The molecular weight excluding hydrogens is 372 g/mol. The molecule has 140 valence electrons. The molecule has 2 aromatic carbocycles. The number of benzene rings is 2. The lowest BCUT2D eigenvalue weighted by molar-refractivity contribution is 0.415. The van der Waals surface area contributed by atoms with Crippen LogP contribution in [0, 0.1) is 0 Å². The van der Waals surface area contributed by atoms with Gasteiger partial charge in [0, 0.05) is 11.5 Å². The van der Waals surface area contributed by atoms with Crippen molar-refractivity contribution in [3.63, 3.8) is 0 Å². The molecule has 2 heterocycles. The Morgan fingerprint density at radius 3 is 2.36 bits per heavy atom. The molecule has 7 nitrogen and oxygen atoms in total. The number of aromatic nitrogens is 4. The molecule has 0 amide bonds. The van der Waals surface area contributed by atoms with Crippen LogP contribution in [0.1, 0.15) is 5.82 Å². The zero-order chi connectivity index (χ0) is 19.5. The summed E-state index contributed by atoms with van der Waals surface area (Å²) in [6.45, 7) is 0. The molecule has 28 heavy (non-hydrogen) atoms. The molecule has 2 aromatic heterocycles. The van der Waals surface area contributed by atoms with Crippen molar-refractivity contribution < 1.29 is 4.74 Å². The zero-order valence-corrected chi connectivity index (χ0v) is 16.0. The molecule has 0 aliphatic carbocycles. The number of nitrogens with zero attached hydrogens (tertiary/aromatic N) is 4. The van der Waals surface area contributed by atoms with Crippen LogP contribution in [0.4, 0.5) is 11.9 Å². The van der Waals surface area contributed by atoms with Crippen LogP contribution in [0.3, 0.4) is 0 Å². The van der Waals surface area contributed by atoms with E-state index in [9.17, 15) is 0 Å². The molecule has 0 aliphatic heterocycles. The Kier molecular flexibility index (Phi) is 4.94. The first kappa shape index (κ1) is 18.0. The fourth-order valence-electron chi connectivity index (χ4n) is 2.90. The van der Waals surface area contributed by atoms with Gasteiger partial charge in [0.1, 0.15) is 11.6 Å². The Hall–Kier alpha value is -3.39. The van der Waals surface area contributed by atoms with Gasteiger partial charge < -0.3 is 16.2 Å². The van der Waals surface area contributed by atoms with Gasteiger partial charge in [0.2, 0.25) is 11.9 Å². The Labute approximate surface area is 166 Å². The maximum atomic E-state index is 5.65. The third kappa shape index (κ3) is 3.81. The normalized spacial score (nSPS) is 10.9. The van der Waals surface area contributed by atoms with E-state index < -0.39 is 0 Å². The molecule has 4 rings (SSSR count). The second-order valence-electron chi connectivity index (χ2n) is 6.01. The minimum absolute atomic E-state index is 0.115. The fraction of sp³-hybridized carbons (Fsp3) is 0.100. The maximum absolute atomic E-state index is 5.65. The van der Waals surface area contributed by atoms with Crippen LogP contribution in [-0.4, -0.2) is 27.0 Å². The van der Waals surface area contributed by atoms with Gasteiger partial charge in [-0.15, -0.1) is 0 Å². The number of rotatable bonds is 5. The molecule has 0 saturated heterocycles. The van der Waals surface area contributed by atoms with Crippen molar-refractivity contribution in [3.05, 3.63) is 60.4 Å². The topological polar surface area (TPSA) is 113 Å². The predicted molar refractivity (Wildman–Crippen MR) is 112 cm³/mol. The highest BCUT2D eigenvalue weighted by atomic mass is 32.2. The smallest absolute Gasteiger partial charge is 0.225 e. The van der Waals surface area contributed by atoms with E-state index in [4.69, 9.17) is 21.2 Å². The maximum Gasteiger partial charge on any atom is 0.225 e. The first-order chi connectivity index (χ1) is 13.6. The van der Waals surface area contributed by atoms with Gasteiger partial charge in [-0.1, -0.05) is 42.1 Å². The van der Waals surface area contributed by atoms with Gasteiger partial charge in [-0.25, -0.2) is 4.98 Å². The van der Waals surface area contributed by atoms with E-state index in [2.05, 4.69) is 33.2 Å². The summed E-state index contributed by atoms with van der Waals surface area (Å²) in [4.78, 5) is 16.8. The second kappa shape index (κ2) is 7.69. The Morgan fingerprint density at radius 1 is 0.893 bits per heavy atom. The van der Waals surface area contributed by atoms with Crippen molar-refractivity contribution >= 4 is 34.6 Å². The quantitative estimate of drug-likeness (QED) is 0.497. The van der Waals surface area contributed by atoms with Crippen molar-refractivity contribution in [3.8, 4) is 16.9 Å². The second-order valence-corrected chi connectivity index (χ2v) is 7.01. The number of hydrogen-bond donors (Lipinski definition) is 2. The SMILES string of the molecule is COc1ccc2c(-c3ccccc3)cc(SCc3nc(N)nc(N)n3)nc2c1. The highest BCUT2D eigenvalue weighted by Crippen LogP contribution is 2.34. The molecule has 0 atom stereocenters. The van der Waals surface area contributed by atoms with Gasteiger partial charge in [-0.2, -0.15) is 15.0 Å². The Balaban J connectivity index is 1.75. The van der Waals surface area contributed by atoms with Crippen molar-refractivity contribution in [2.45, 2.75) is 10.8 Å². The summed E-state index contributed by atoms with van der Waals surface area (Å²) in [5.41, 5.74) is 14.4. The van der Waals surface area contributed by atoms with Crippen LogP contribution in [0.2, 0.25) is 0 Å². The lowest BCUT2D eigenvalue weighted by Crippen LogP contribution is -2.06. The minimum atomic E-state index is 0.115. The average Bonchev–Trinajstić information content (AvgIpc) is 2.71. The predicted octanol–water partition coefficient (Wildman–Crippen LogP) is 3.55. The standard InChI is InChI=1S/C20H18N6OS/c1-27-13-7-8-14-15(12-5-3-2-4-6-12)10-18(23-16(14)9-13)28-11-17-24-19(21)26-20(22)25-17/h2-10H,11H2,1H3,(H4,21,22,24,25,26). The Bertz CT molecular complexity index is 1120. The average molecular weight is 390 g/mol. The van der Waals surface area contributed by atoms with Gasteiger partial charge in [0.15, 0.2) is 0 Å². The monoisotopic (exact) mass is 390 g/mol. The number of thioether (sulfide) groups is 1. The molecule has 0 fully saturated rings. The van der Waals surface area contributed by atoms with Crippen LogP contribution in [-0.2, 0) is 5.75 Å². The van der Waals surface area contributed by atoms with Crippen LogP contribution in [0.25, 0.3) is 22.0 Å². The summed E-state index contributed by atoms with van der Waals surface area (Å²) in [6, 6.07) is 18.2. The lowest BCUT2D eigenvalue weighted by Gasteiger charge is -2.11. The molecule has 0 saturated carbocycles. The Morgan fingerprint density at radius 2 is 1.64 bits per heavy atom. The van der Waals surface area contributed by atoms with Crippen LogP contribution in [0.5, 0.6) is 5.75 Å². The number of nitrogens with two attached hydrogens (primary N) is 2. The van der Waals surface area contributed by atoms with Crippen LogP contribution >= 0.6 is 11.8 Å². The number of nitrogen functional groups attached to an aromatic ring is 2. The highest BCUT2D eigenvalue weighted by molar-refractivity contribution is 7.98. The molecule has 0 radical (unpaired) electrons. The van der Waals surface area contributed by atoms with E-state index in [0.717, 1.165) is 32.8 Å². The number of anilines is 2. The molecule has 0 bridgehead atoms. The van der Waals surface area contributed by atoms with Crippen molar-refractivity contribution in [1.82, 2.24) is 19.9 Å². The third-order valence-electron chi connectivity index (χ3n) is 4.14. The number of ether oxygens (including phenoxy) is 1. The lowest BCUT2D eigenvalue weighted by atomic mass is 10.0. The zero-order valence-electron chi connectivity index (χ0n) is 15.2. The van der Waals surface area contributed by atoms with Crippen LogP contribution < -0.4 is 16.2 Å². The van der Waals surface area contributed by atoms with E-state index >= 15 is 0 Å². The van der Waals surface area contributed by atoms with E-state index in [0.29, 0.717) is 11.6 Å². The largest absolute Gasteiger partial charge is 0.497 e. The van der Waals surface area contributed by atoms with Gasteiger partial charge >= 0.3 is 0 Å². The first-order valence-corrected chi connectivity index (χ1v) is 9.54. The van der Waals surface area contributed by atoms with E-state index in [-0.39, 0.29) is 11.9 Å². The fourth-order valence-corrected chi connectivity index (χ4v) is 3.67. The molecule has 8 heteroatoms. The number of fused-ring (bicyclic) bond motifs is 1. The number of hydrogen-bond acceptors (Lipinski definition) is 8. The minimum Gasteiger partial charge on any atom is -0.497 e. The summed E-state index contributed by atoms with van der Waals surface area (Å²) < 4.78 is 5.36. The third-order valence-corrected chi connectivity index (χ3v) is 5.05. The summed E-state index contributed by atoms with van der Waals surface area (Å²) in [7, 11) is 1.65. The molecule has 4 aromatic rings. The number of pyridine rings is 1. The highest BCUT2D eigenvalue weighted by Gasteiger charge is 2.11. The van der Waals surface area contributed by atoms with Gasteiger partial charge in [-0.3, -0.25) is 0 Å². The summed E-state index contributed by atoms with van der Waals surface area (Å²) in [5.74, 6) is 1.99. The van der Waals surface area contributed by atoms with Crippen LogP contribution in [0.15, 0.2) is 59.6 Å². The molecule has 0 unspecified atom stereocenters. The molecule has 4 N–H and O–H groups in total. The first-order valence-electron chi connectivity index (χ1n) is 8.55. The van der Waals surface area contributed by atoms with E-state index in [1.807, 2.05) is 36.4 Å². The van der Waals surface area contributed by atoms with E-state index in [1.54, 1.807) is 7.11 Å². The van der Waals surface area contributed by atoms with Gasteiger partial charge in [0.25, 0.3) is 0 Å². The summed E-state index contributed by atoms with van der Waals surface area (Å²) in [5, 5.41) is 1.90. The van der Waals surface area contributed by atoms with E-state index in [1.165, 1.54) is 11.8 Å². The van der Waals surface area contributed by atoms with Crippen molar-refractivity contribution in [2.24, 2.45) is 0 Å². The van der Waals surface area contributed by atoms with Gasteiger partial charge in [0.05, 0.1) is 23.4 Å².